The fourth-order valence-corrected chi connectivity index (χ4v) is 1.55. The first-order valence-corrected chi connectivity index (χ1v) is 4.86. The number of hydrogen-bond donors (Lipinski definition) is 1. The van der Waals surface area contributed by atoms with Gasteiger partial charge in [-0.1, -0.05) is 6.07 Å². The van der Waals surface area contributed by atoms with Gasteiger partial charge in [-0.25, -0.2) is 4.98 Å². The van der Waals surface area contributed by atoms with Crippen LogP contribution in [0.1, 0.15) is 16.7 Å². The van der Waals surface area contributed by atoms with Crippen LogP contribution in [-0.4, -0.2) is 9.97 Å². The van der Waals surface area contributed by atoms with Gasteiger partial charge in [0.1, 0.15) is 5.82 Å². The molecule has 0 saturated carbocycles. The molecule has 3 nitrogen and oxygen atoms in total. The Balaban J connectivity index is 2.32. The van der Waals surface area contributed by atoms with E-state index < -0.39 is 0 Å². The molecule has 0 atom stereocenters. The third-order valence-corrected chi connectivity index (χ3v) is 2.43. The summed E-state index contributed by atoms with van der Waals surface area (Å²) in [5.74, 6) is 0.610. The highest BCUT2D eigenvalue weighted by Crippen LogP contribution is 2.17. The van der Waals surface area contributed by atoms with Gasteiger partial charge < -0.3 is 5.73 Å². The van der Waals surface area contributed by atoms with Crippen molar-refractivity contribution in [1.82, 2.24) is 9.97 Å². The lowest BCUT2D eigenvalue weighted by Crippen LogP contribution is -2.01. The van der Waals surface area contributed by atoms with Gasteiger partial charge in [0.2, 0.25) is 0 Å². The molecule has 3 heteroatoms. The highest BCUT2D eigenvalue weighted by Gasteiger charge is 2.04. The molecule has 0 aromatic carbocycles. The molecule has 2 heterocycles. The summed E-state index contributed by atoms with van der Waals surface area (Å²) in [7, 11) is 0. The van der Waals surface area contributed by atoms with Crippen molar-refractivity contribution in [3.8, 4) is 0 Å². The molecule has 2 N–H and O–H groups in total. The number of anilines is 1. The van der Waals surface area contributed by atoms with Gasteiger partial charge in [-0.05, 0) is 30.2 Å². The molecule has 0 radical (unpaired) electrons. The lowest BCUT2D eigenvalue weighted by Gasteiger charge is -2.07. The van der Waals surface area contributed by atoms with E-state index in [4.69, 9.17) is 5.73 Å². The molecule has 0 bridgehead atoms. The lowest BCUT2D eigenvalue weighted by molar-refractivity contribution is 1.10. The Morgan fingerprint density at radius 2 is 2.13 bits per heavy atom. The third-order valence-electron chi connectivity index (χ3n) is 2.43. The zero-order valence-electron chi connectivity index (χ0n) is 8.64. The number of pyridine rings is 2. The van der Waals surface area contributed by atoms with Crippen molar-refractivity contribution in [3.63, 3.8) is 0 Å². The van der Waals surface area contributed by atoms with Crippen molar-refractivity contribution in [2.75, 3.05) is 5.73 Å². The summed E-state index contributed by atoms with van der Waals surface area (Å²) in [6, 6.07) is 5.94. The Hall–Kier alpha value is -1.90. The monoisotopic (exact) mass is 199 g/mol. The highest BCUT2D eigenvalue weighted by molar-refractivity contribution is 5.46. The molecule has 0 amide bonds. The second kappa shape index (κ2) is 4.09. The molecule has 0 fully saturated rings. The zero-order chi connectivity index (χ0) is 10.7. The van der Waals surface area contributed by atoms with E-state index in [1.54, 1.807) is 12.4 Å². The van der Waals surface area contributed by atoms with Crippen molar-refractivity contribution in [2.45, 2.75) is 13.3 Å². The van der Waals surface area contributed by atoms with Crippen LogP contribution in [0.25, 0.3) is 0 Å². The van der Waals surface area contributed by atoms with E-state index in [-0.39, 0.29) is 0 Å². The summed E-state index contributed by atoms with van der Waals surface area (Å²) in [6.07, 6.45) is 6.14. The number of hydrogen-bond acceptors (Lipinski definition) is 3. The average Bonchev–Trinajstić information content (AvgIpc) is 2.25. The van der Waals surface area contributed by atoms with Crippen LogP contribution < -0.4 is 5.73 Å². The van der Waals surface area contributed by atoms with E-state index in [0.717, 1.165) is 17.5 Å². The molecule has 0 aliphatic heterocycles. The fourth-order valence-electron chi connectivity index (χ4n) is 1.55. The van der Waals surface area contributed by atoms with Crippen molar-refractivity contribution in [2.24, 2.45) is 0 Å². The maximum Gasteiger partial charge on any atom is 0.127 e. The van der Waals surface area contributed by atoms with Crippen LogP contribution in [0.15, 0.2) is 36.8 Å². The number of nitrogens with two attached hydrogens (primary N) is 1. The van der Waals surface area contributed by atoms with E-state index in [9.17, 15) is 0 Å². The molecule has 0 unspecified atom stereocenters. The molecule has 0 aliphatic rings. The normalized spacial score (nSPS) is 10.2. The first kappa shape index (κ1) is 9.65. The minimum absolute atomic E-state index is 0.610. The van der Waals surface area contributed by atoms with E-state index >= 15 is 0 Å². The van der Waals surface area contributed by atoms with E-state index in [2.05, 4.69) is 9.97 Å². The van der Waals surface area contributed by atoms with Gasteiger partial charge in [0, 0.05) is 30.6 Å². The lowest BCUT2D eigenvalue weighted by atomic mass is 10.0. The van der Waals surface area contributed by atoms with Gasteiger partial charge in [0.25, 0.3) is 0 Å². The fraction of sp³-hybridized carbons (Fsp3) is 0.167. The van der Waals surface area contributed by atoms with Gasteiger partial charge in [-0.15, -0.1) is 0 Å². The molecule has 2 aromatic rings. The molecule has 0 aliphatic carbocycles. The predicted octanol–water partition coefficient (Wildman–Crippen LogP) is 1.96. The van der Waals surface area contributed by atoms with Crippen LogP contribution in [0, 0.1) is 6.92 Å². The molecule has 0 spiro atoms. The molecule has 2 aromatic heterocycles. The molecule has 2 rings (SSSR count). The Morgan fingerprint density at radius 1 is 1.27 bits per heavy atom. The van der Waals surface area contributed by atoms with Crippen LogP contribution in [0.4, 0.5) is 5.82 Å². The molecule has 15 heavy (non-hydrogen) atoms. The van der Waals surface area contributed by atoms with Crippen LogP contribution in [0.2, 0.25) is 0 Å². The summed E-state index contributed by atoms with van der Waals surface area (Å²) in [5.41, 5.74) is 9.25. The van der Waals surface area contributed by atoms with Crippen LogP contribution in [0.3, 0.4) is 0 Å². The molecular weight excluding hydrogens is 186 g/mol. The van der Waals surface area contributed by atoms with E-state index in [0.29, 0.717) is 5.82 Å². The smallest absolute Gasteiger partial charge is 0.127 e. The first-order valence-electron chi connectivity index (χ1n) is 4.86. The zero-order valence-corrected chi connectivity index (χ0v) is 8.64. The van der Waals surface area contributed by atoms with Gasteiger partial charge >= 0.3 is 0 Å². The van der Waals surface area contributed by atoms with Crippen molar-refractivity contribution >= 4 is 5.82 Å². The minimum atomic E-state index is 0.610. The highest BCUT2D eigenvalue weighted by atomic mass is 14.8. The largest absolute Gasteiger partial charge is 0.383 e. The first-order chi connectivity index (χ1) is 7.27. The van der Waals surface area contributed by atoms with Crippen molar-refractivity contribution < 1.29 is 0 Å². The topological polar surface area (TPSA) is 51.8 Å². The Kier molecular flexibility index (Phi) is 2.63. The number of aromatic nitrogens is 2. The van der Waals surface area contributed by atoms with Crippen molar-refractivity contribution in [1.29, 1.82) is 0 Å². The van der Waals surface area contributed by atoms with E-state index in [1.807, 2.05) is 31.3 Å². The van der Waals surface area contributed by atoms with Gasteiger partial charge in [0.05, 0.1) is 0 Å². The standard InChI is InChI=1S/C12H13N3/c1-9-4-6-15-12(13)11(9)7-10-3-2-5-14-8-10/h2-6,8H,7H2,1H3,(H2,13,15). The van der Waals surface area contributed by atoms with Gasteiger partial charge in [0.15, 0.2) is 0 Å². The Labute approximate surface area is 89.0 Å². The van der Waals surface area contributed by atoms with Crippen molar-refractivity contribution in [3.05, 3.63) is 53.5 Å². The van der Waals surface area contributed by atoms with Gasteiger partial charge in [-0.3, -0.25) is 4.98 Å². The maximum absolute atomic E-state index is 5.84. The number of nitrogen functional groups attached to an aromatic ring is 1. The second-order valence-electron chi connectivity index (χ2n) is 3.53. The predicted molar refractivity (Wildman–Crippen MR) is 60.4 cm³/mol. The summed E-state index contributed by atoms with van der Waals surface area (Å²) in [5, 5.41) is 0. The molecule has 0 saturated heterocycles. The maximum atomic E-state index is 5.84. The quantitative estimate of drug-likeness (QED) is 0.804. The van der Waals surface area contributed by atoms with Crippen LogP contribution in [-0.2, 0) is 6.42 Å². The number of nitrogens with zero attached hydrogens (tertiary/aromatic N) is 2. The SMILES string of the molecule is Cc1ccnc(N)c1Cc1cccnc1. The molecular formula is C12H13N3. The summed E-state index contributed by atoms with van der Waals surface area (Å²) >= 11 is 0. The van der Waals surface area contributed by atoms with E-state index in [1.165, 1.54) is 5.56 Å². The summed E-state index contributed by atoms with van der Waals surface area (Å²) in [6.45, 7) is 2.05. The molecule has 76 valence electrons. The second-order valence-corrected chi connectivity index (χ2v) is 3.53. The third kappa shape index (κ3) is 2.13. The summed E-state index contributed by atoms with van der Waals surface area (Å²) < 4.78 is 0. The Morgan fingerprint density at radius 3 is 2.80 bits per heavy atom. The van der Waals surface area contributed by atoms with Crippen LogP contribution in [0.5, 0.6) is 0 Å². The van der Waals surface area contributed by atoms with Crippen LogP contribution >= 0.6 is 0 Å². The minimum Gasteiger partial charge on any atom is -0.383 e. The number of rotatable bonds is 2. The summed E-state index contributed by atoms with van der Waals surface area (Å²) in [4.78, 5) is 8.17. The van der Waals surface area contributed by atoms with Gasteiger partial charge in [-0.2, -0.15) is 0 Å². The Bertz CT molecular complexity index is 431. The number of aryl methyl sites for hydroxylation is 1. The average molecular weight is 199 g/mol.